The molecule has 0 aliphatic carbocycles. The van der Waals surface area contributed by atoms with Gasteiger partial charge in [0.25, 0.3) is 0 Å². The molecule has 0 spiro atoms. The lowest BCUT2D eigenvalue weighted by molar-refractivity contribution is -0.132. The molecule has 0 fully saturated rings. The van der Waals surface area contributed by atoms with E-state index >= 15 is 0 Å². The molecule has 1 heterocycles. The van der Waals surface area contributed by atoms with Crippen LogP contribution in [-0.4, -0.2) is 24.2 Å². The van der Waals surface area contributed by atoms with E-state index in [1.165, 1.54) is 0 Å². The van der Waals surface area contributed by atoms with Crippen LogP contribution in [0.25, 0.3) is 0 Å². The summed E-state index contributed by atoms with van der Waals surface area (Å²) in [5.74, 6) is -0.895. The van der Waals surface area contributed by atoms with Crippen LogP contribution in [0.4, 0.5) is 0 Å². The number of carboxylic acids is 1. The zero-order valence-electron chi connectivity index (χ0n) is 4.74. The van der Waals surface area contributed by atoms with Gasteiger partial charge >= 0.3 is 5.97 Å². The Kier molecular flexibility index (Phi) is 1.58. The van der Waals surface area contributed by atoms with Crippen molar-refractivity contribution in [2.24, 2.45) is 10.2 Å². The summed E-state index contributed by atoms with van der Waals surface area (Å²) in [6.07, 6.45) is 1.56. The summed E-state index contributed by atoms with van der Waals surface area (Å²) in [5.41, 5.74) is 0.338. The number of hydrogen-bond acceptors (Lipinski definition) is 3. The summed E-state index contributed by atoms with van der Waals surface area (Å²) in [5, 5.41) is 15.5. The van der Waals surface area contributed by atoms with Gasteiger partial charge in [-0.3, -0.25) is 0 Å². The number of carboxylic acid groups (broad SMARTS) is 1. The Morgan fingerprint density at radius 3 is 2.78 bits per heavy atom. The predicted octanol–water partition coefficient (Wildman–Crippen LogP) is 0.463. The van der Waals surface area contributed by atoms with Gasteiger partial charge in [-0.15, -0.1) is 0 Å². The smallest absolute Gasteiger partial charge is 0.333 e. The molecule has 0 aromatic heterocycles. The molecule has 0 bridgehead atoms. The van der Waals surface area contributed by atoms with Gasteiger partial charge < -0.3 is 5.11 Å². The first-order valence-electron chi connectivity index (χ1n) is 2.56. The average molecular weight is 126 g/mol. The minimum atomic E-state index is -0.895. The number of nitrogens with zero attached hydrogens (tertiary/aromatic N) is 2. The zero-order chi connectivity index (χ0) is 6.69. The Bertz CT molecular complexity index is 183. The van der Waals surface area contributed by atoms with E-state index in [0.29, 0.717) is 12.1 Å². The van der Waals surface area contributed by atoms with Crippen molar-refractivity contribution < 1.29 is 9.90 Å². The maximum Gasteiger partial charge on any atom is 0.333 e. The molecule has 0 radical (unpaired) electrons. The Balaban J connectivity index is 2.61. The third-order valence-corrected chi connectivity index (χ3v) is 1.04. The van der Waals surface area contributed by atoms with Crippen LogP contribution in [0.5, 0.6) is 0 Å². The van der Waals surface area contributed by atoms with Crippen LogP contribution >= 0.6 is 0 Å². The highest BCUT2D eigenvalue weighted by molar-refractivity contribution is 5.87. The van der Waals surface area contributed by atoms with Crippen molar-refractivity contribution in [3.8, 4) is 0 Å². The quantitative estimate of drug-likeness (QED) is 0.554. The van der Waals surface area contributed by atoms with Gasteiger partial charge in [-0.05, 0) is 6.08 Å². The van der Waals surface area contributed by atoms with Crippen molar-refractivity contribution >= 4 is 5.97 Å². The monoisotopic (exact) mass is 126 g/mol. The molecular formula is C5H6N2O2. The molecule has 0 saturated heterocycles. The molecule has 0 aromatic carbocycles. The second-order valence-corrected chi connectivity index (χ2v) is 1.66. The van der Waals surface area contributed by atoms with E-state index in [1.807, 2.05) is 0 Å². The van der Waals surface area contributed by atoms with E-state index in [-0.39, 0.29) is 6.54 Å². The molecule has 0 aromatic rings. The summed E-state index contributed by atoms with van der Waals surface area (Å²) in [6, 6.07) is 0. The molecule has 0 saturated carbocycles. The Hall–Kier alpha value is -1.19. The van der Waals surface area contributed by atoms with E-state index < -0.39 is 5.97 Å². The lowest BCUT2D eigenvalue weighted by atomic mass is 10.2. The van der Waals surface area contributed by atoms with Crippen molar-refractivity contribution in [3.63, 3.8) is 0 Å². The van der Waals surface area contributed by atoms with Crippen molar-refractivity contribution in [2.45, 2.75) is 0 Å². The summed E-state index contributed by atoms with van der Waals surface area (Å²) >= 11 is 0. The largest absolute Gasteiger partial charge is 0.478 e. The predicted molar refractivity (Wildman–Crippen MR) is 30.3 cm³/mol. The third-order valence-electron chi connectivity index (χ3n) is 1.04. The van der Waals surface area contributed by atoms with Gasteiger partial charge in [0.15, 0.2) is 0 Å². The van der Waals surface area contributed by atoms with Crippen LogP contribution in [0.2, 0.25) is 0 Å². The molecule has 1 N–H and O–H groups in total. The molecule has 0 unspecified atom stereocenters. The molecule has 0 amide bonds. The van der Waals surface area contributed by atoms with Gasteiger partial charge in [0.2, 0.25) is 0 Å². The first-order valence-corrected chi connectivity index (χ1v) is 2.56. The number of aliphatic carboxylic acids is 1. The summed E-state index contributed by atoms with van der Waals surface area (Å²) in [4.78, 5) is 10.2. The molecular weight excluding hydrogens is 120 g/mol. The number of hydrogen-bond donors (Lipinski definition) is 1. The van der Waals surface area contributed by atoms with Gasteiger partial charge in [-0.2, -0.15) is 10.2 Å². The topological polar surface area (TPSA) is 62.0 Å². The number of azo groups is 1. The molecule has 1 aliphatic heterocycles. The van der Waals surface area contributed by atoms with Crippen molar-refractivity contribution in [3.05, 3.63) is 11.6 Å². The molecule has 48 valence electrons. The van der Waals surface area contributed by atoms with Crippen molar-refractivity contribution in [1.82, 2.24) is 0 Å². The van der Waals surface area contributed by atoms with Gasteiger partial charge in [0.1, 0.15) is 0 Å². The van der Waals surface area contributed by atoms with Crippen LogP contribution in [-0.2, 0) is 4.79 Å². The van der Waals surface area contributed by atoms with Crippen LogP contribution < -0.4 is 0 Å². The normalized spacial score (nSPS) is 17.1. The lowest BCUT2D eigenvalue weighted by Crippen LogP contribution is -2.06. The fraction of sp³-hybridized carbons (Fsp3) is 0.400. The molecule has 4 heteroatoms. The van der Waals surface area contributed by atoms with E-state index in [0.717, 1.165) is 0 Å². The Morgan fingerprint density at radius 2 is 2.44 bits per heavy atom. The summed E-state index contributed by atoms with van der Waals surface area (Å²) in [7, 11) is 0. The maximum atomic E-state index is 10.2. The van der Waals surface area contributed by atoms with Crippen LogP contribution in [0, 0.1) is 0 Å². The molecule has 1 aliphatic rings. The highest BCUT2D eigenvalue weighted by Crippen LogP contribution is 2.00. The van der Waals surface area contributed by atoms with Crippen LogP contribution in [0.1, 0.15) is 0 Å². The first kappa shape index (κ1) is 5.94. The average Bonchev–Trinajstić information content (AvgIpc) is 1.90. The highest BCUT2D eigenvalue weighted by atomic mass is 16.4. The second-order valence-electron chi connectivity index (χ2n) is 1.66. The number of carbonyl (C=O) groups is 1. The fourth-order valence-corrected chi connectivity index (χ4v) is 0.554. The maximum absolute atomic E-state index is 10.2. The lowest BCUT2D eigenvalue weighted by Gasteiger charge is -1.99. The van der Waals surface area contributed by atoms with Gasteiger partial charge in [-0.25, -0.2) is 4.79 Å². The number of rotatable bonds is 1. The molecule has 4 nitrogen and oxygen atoms in total. The SMILES string of the molecule is O=C(O)C1=CCN=NC1. The molecule has 9 heavy (non-hydrogen) atoms. The van der Waals surface area contributed by atoms with Gasteiger partial charge in [0.05, 0.1) is 18.7 Å². The minimum Gasteiger partial charge on any atom is -0.478 e. The zero-order valence-corrected chi connectivity index (χ0v) is 4.74. The van der Waals surface area contributed by atoms with E-state index in [1.54, 1.807) is 6.08 Å². The van der Waals surface area contributed by atoms with Crippen LogP contribution in [0.3, 0.4) is 0 Å². The molecule has 1 rings (SSSR count). The van der Waals surface area contributed by atoms with E-state index in [4.69, 9.17) is 5.11 Å². The van der Waals surface area contributed by atoms with E-state index in [2.05, 4.69) is 10.2 Å². The highest BCUT2D eigenvalue weighted by Gasteiger charge is 2.07. The Morgan fingerprint density at radius 1 is 1.67 bits per heavy atom. The van der Waals surface area contributed by atoms with Crippen molar-refractivity contribution in [2.75, 3.05) is 13.1 Å². The van der Waals surface area contributed by atoms with Crippen LogP contribution in [0.15, 0.2) is 21.9 Å². The summed E-state index contributed by atoms with van der Waals surface area (Å²) in [6.45, 7) is 0.622. The third kappa shape index (κ3) is 1.35. The second kappa shape index (κ2) is 2.39. The molecule has 0 atom stereocenters. The van der Waals surface area contributed by atoms with Gasteiger partial charge in [-0.1, -0.05) is 0 Å². The first-order chi connectivity index (χ1) is 4.30. The minimum absolute atomic E-state index is 0.218. The van der Waals surface area contributed by atoms with Crippen molar-refractivity contribution in [1.29, 1.82) is 0 Å². The van der Waals surface area contributed by atoms with Gasteiger partial charge in [0, 0.05) is 0 Å². The Labute approximate surface area is 51.9 Å². The van der Waals surface area contributed by atoms with E-state index in [9.17, 15) is 4.79 Å². The standard InChI is InChI=1S/C5H6N2O2/c8-5(9)4-1-2-6-7-3-4/h1H,2-3H2,(H,8,9). The fourth-order valence-electron chi connectivity index (χ4n) is 0.554. The summed E-state index contributed by atoms with van der Waals surface area (Å²) < 4.78 is 0.